The first-order valence-corrected chi connectivity index (χ1v) is 10.2. The topological polar surface area (TPSA) is 102 Å². The molecule has 0 saturated carbocycles. The summed E-state index contributed by atoms with van der Waals surface area (Å²) in [6, 6.07) is 12.0. The molecule has 0 radical (unpaired) electrons. The lowest BCUT2D eigenvalue weighted by atomic mass is 9.86. The van der Waals surface area contributed by atoms with E-state index in [1.165, 1.54) is 42.2 Å². The Balaban J connectivity index is 1.66. The molecule has 33 heavy (non-hydrogen) atoms. The van der Waals surface area contributed by atoms with Crippen molar-refractivity contribution in [3.63, 3.8) is 0 Å². The number of carbonyl (C=O) groups is 2. The number of rotatable bonds is 4. The number of hydrogen-bond donors (Lipinski definition) is 2. The third kappa shape index (κ3) is 4.38. The molecule has 9 heteroatoms. The van der Waals surface area contributed by atoms with Crippen LogP contribution in [-0.4, -0.2) is 20.9 Å². The summed E-state index contributed by atoms with van der Waals surface area (Å²) in [6.45, 7) is 1.80. The van der Waals surface area contributed by atoms with Crippen LogP contribution in [-0.2, 0) is 16.6 Å². The van der Waals surface area contributed by atoms with Crippen LogP contribution in [0.3, 0.4) is 0 Å². The number of aryl methyl sites for hydroxylation is 1. The molecular weight excluding hydrogens is 427 g/mol. The zero-order valence-electron chi connectivity index (χ0n) is 18.0. The fourth-order valence-electron chi connectivity index (χ4n) is 3.68. The van der Waals surface area contributed by atoms with Gasteiger partial charge in [0.2, 0.25) is 5.91 Å². The average Bonchev–Trinajstić information content (AvgIpc) is 2.79. The Morgan fingerprint density at radius 1 is 1.09 bits per heavy atom. The van der Waals surface area contributed by atoms with E-state index < -0.39 is 28.9 Å². The van der Waals surface area contributed by atoms with Crippen LogP contribution in [0.25, 0.3) is 5.69 Å². The summed E-state index contributed by atoms with van der Waals surface area (Å²) in [6.07, 6.45) is 2.80. The molecule has 1 aliphatic heterocycles. The second-order valence-electron chi connectivity index (χ2n) is 7.79. The number of nitrogens with one attached hydrogen (secondary N) is 2. The molecule has 0 fully saturated rings. The number of hydrogen-bond acceptors (Lipinski definition) is 4. The first kappa shape index (κ1) is 21.9. The van der Waals surface area contributed by atoms with E-state index in [9.17, 15) is 23.6 Å². The van der Waals surface area contributed by atoms with Crippen LogP contribution in [0, 0.1) is 12.7 Å². The highest BCUT2D eigenvalue weighted by Crippen LogP contribution is 2.31. The molecule has 2 aromatic carbocycles. The molecule has 168 valence electrons. The Morgan fingerprint density at radius 3 is 2.55 bits per heavy atom. The number of aromatic nitrogens is 2. The number of carbonyl (C=O) groups excluding carboxylic acids is 2. The van der Waals surface area contributed by atoms with Crippen LogP contribution in [0.4, 0.5) is 10.1 Å². The first-order chi connectivity index (χ1) is 15.7. The minimum absolute atomic E-state index is 0.0529. The molecular formula is C24H21FN4O4. The van der Waals surface area contributed by atoms with Crippen LogP contribution in [0.1, 0.15) is 23.5 Å². The van der Waals surface area contributed by atoms with Crippen LogP contribution in [0.5, 0.6) is 0 Å². The SMILES string of the molecule is Cc1ccc(-n2ccc(=O)n(C)c2=O)cc1NC(=O)C1=CNC(=O)C[C@H]1c1ccc(F)cc1. The van der Waals surface area contributed by atoms with Crippen molar-refractivity contribution in [3.05, 3.63) is 104 Å². The quantitative estimate of drug-likeness (QED) is 0.638. The number of benzene rings is 2. The second-order valence-corrected chi connectivity index (χ2v) is 7.79. The van der Waals surface area contributed by atoms with Crippen molar-refractivity contribution in [2.24, 2.45) is 7.05 Å². The summed E-state index contributed by atoms with van der Waals surface area (Å²) in [5, 5.41) is 5.41. The van der Waals surface area contributed by atoms with Crippen molar-refractivity contribution in [2.75, 3.05) is 5.32 Å². The maximum Gasteiger partial charge on any atom is 0.335 e. The Morgan fingerprint density at radius 2 is 1.82 bits per heavy atom. The zero-order valence-corrected chi connectivity index (χ0v) is 18.0. The van der Waals surface area contributed by atoms with Gasteiger partial charge in [-0.15, -0.1) is 0 Å². The minimum Gasteiger partial charge on any atom is -0.332 e. The largest absolute Gasteiger partial charge is 0.335 e. The van der Waals surface area contributed by atoms with Gasteiger partial charge in [0.15, 0.2) is 0 Å². The predicted octanol–water partition coefficient (Wildman–Crippen LogP) is 2.11. The Kier molecular flexibility index (Phi) is 5.78. The third-order valence-electron chi connectivity index (χ3n) is 5.63. The van der Waals surface area contributed by atoms with E-state index in [1.807, 2.05) is 0 Å². The predicted molar refractivity (Wildman–Crippen MR) is 121 cm³/mol. The van der Waals surface area contributed by atoms with Gasteiger partial charge in [-0.3, -0.25) is 23.5 Å². The summed E-state index contributed by atoms with van der Waals surface area (Å²) in [5.41, 5.74) is 1.73. The van der Waals surface area contributed by atoms with E-state index in [2.05, 4.69) is 10.6 Å². The third-order valence-corrected chi connectivity index (χ3v) is 5.63. The van der Waals surface area contributed by atoms with Gasteiger partial charge in [-0.25, -0.2) is 9.18 Å². The van der Waals surface area contributed by atoms with Gasteiger partial charge < -0.3 is 10.6 Å². The maximum atomic E-state index is 13.4. The summed E-state index contributed by atoms with van der Waals surface area (Å²) in [5.74, 6) is -1.62. The molecule has 0 bridgehead atoms. The zero-order chi connectivity index (χ0) is 23.7. The van der Waals surface area contributed by atoms with Crippen molar-refractivity contribution in [3.8, 4) is 5.69 Å². The fraction of sp³-hybridized carbons (Fsp3) is 0.167. The van der Waals surface area contributed by atoms with E-state index in [-0.39, 0.29) is 12.3 Å². The lowest BCUT2D eigenvalue weighted by Crippen LogP contribution is -2.36. The van der Waals surface area contributed by atoms with Gasteiger partial charge in [0.25, 0.3) is 11.5 Å². The highest BCUT2D eigenvalue weighted by atomic mass is 19.1. The van der Waals surface area contributed by atoms with Crippen molar-refractivity contribution in [1.29, 1.82) is 0 Å². The highest BCUT2D eigenvalue weighted by molar-refractivity contribution is 6.06. The van der Waals surface area contributed by atoms with Crippen LogP contribution in [0.2, 0.25) is 0 Å². The number of nitrogens with zero attached hydrogens (tertiary/aromatic N) is 2. The Bertz CT molecular complexity index is 1400. The average molecular weight is 448 g/mol. The summed E-state index contributed by atoms with van der Waals surface area (Å²) >= 11 is 0. The molecule has 2 heterocycles. The molecule has 0 unspecified atom stereocenters. The Labute approximate surface area is 188 Å². The maximum absolute atomic E-state index is 13.4. The van der Waals surface area contributed by atoms with Crippen molar-refractivity contribution in [2.45, 2.75) is 19.3 Å². The second kappa shape index (κ2) is 8.70. The van der Waals surface area contributed by atoms with E-state index in [1.54, 1.807) is 37.3 Å². The standard InChI is InChI=1S/C24H21FN4O4/c1-14-3-8-17(29-10-9-22(31)28(2)24(29)33)11-20(14)27-23(32)19-13-26-21(30)12-18(19)15-4-6-16(25)7-5-15/h3-11,13,18H,12H2,1-2H3,(H,26,30)(H,27,32)/t18-/m0/s1. The van der Waals surface area contributed by atoms with Crippen molar-refractivity contribution in [1.82, 2.24) is 14.5 Å². The van der Waals surface area contributed by atoms with Gasteiger partial charge in [0, 0.05) is 49.1 Å². The van der Waals surface area contributed by atoms with E-state index in [0.29, 0.717) is 22.5 Å². The highest BCUT2D eigenvalue weighted by Gasteiger charge is 2.29. The van der Waals surface area contributed by atoms with E-state index in [4.69, 9.17) is 0 Å². The lowest BCUT2D eigenvalue weighted by molar-refractivity contribution is -0.121. The molecule has 3 aromatic rings. The van der Waals surface area contributed by atoms with Crippen LogP contribution < -0.4 is 21.9 Å². The smallest absolute Gasteiger partial charge is 0.332 e. The summed E-state index contributed by atoms with van der Waals surface area (Å²) in [7, 11) is 1.39. The number of anilines is 1. The summed E-state index contributed by atoms with van der Waals surface area (Å²) < 4.78 is 15.6. The molecule has 1 atom stereocenters. The molecule has 0 aliphatic carbocycles. The van der Waals surface area contributed by atoms with E-state index >= 15 is 0 Å². The molecule has 0 saturated heterocycles. The molecule has 8 nitrogen and oxygen atoms in total. The normalized spacial score (nSPS) is 15.5. The Hall–Kier alpha value is -4.27. The van der Waals surface area contributed by atoms with Gasteiger partial charge in [0.05, 0.1) is 5.69 Å². The van der Waals surface area contributed by atoms with Gasteiger partial charge >= 0.3 is 5.69 Å². The molecule has 4 rings (SSSR count). The number of halogens is 1. The van der Waals surface area contributed by atoms with Gasteiger partial charge in [-0.1, -0.05) is 18.2 Å². The molecule has 1 aromatic heterocycles. The van der Waals surface area contributed by atoms with Gasteiger partial charge in [-0.05, 0) is 42.3 Å². The molecule has 0 spiro atoms. The monoisotopic (exact) mass is 448 g/mol. The lowest BCUT2D eigenvalue weighted by Gasteiger charge is -2.24. The number of amides is 2. The van der Waals surface area contributed by atoms with Crippen molar-refractivity contribution < 1.29 is 14.0 Å². The van der Waals surface area contributed by atoms with Crippen LogP contribution >= 0.6 is 0 Å². The van der Waals surface area contributed by atoms with Crippen LogP contribution in [0.15, 0.2) is 76.1 Å². The molecule has 2 amide bonds. The van der Waals surface area contributed by atoms with Crippen molar-refractivity contribution >= 4 is 17.5 Å². The fourth-order valence-corrected chi connectivity index (χ4v) is 3.68. The van der Waals surface area contributed by atoms with Gasteiger partial charge in [-0.2, -0.15) is 0 Å². The minimum atomic E-state index is -0.533. The molecule has 2 N–H and O–H groups in total. The first-order valence-electron chi connectivity index (χ1n) is 10.2. The summed E-state index contributed by atoms with van der Waals surface area (Å²) in [4.78, 5) is 49.3. The van der Waals surface area contributed by atoms with Gasteiger partial charge in [0.1, 0.15) is 5.82 Å². The van der Waals surface area contributed by atoms with E-state index in [0.717, 1.165) is 10.1 Å². The molecule has 1 aliphatic rings.